The number of rotatable bonds is 49. The fourth-order valence-corrected chi connectivity index (χ4v) is 7.84. The Bertz CT molecular complexity index is 989. The fraction of sp³-hybridized carbons (Fsp3) is 0.873. The number of unbranched alkanes of at least 4 members (excludes halogenated alkanes) is 34. The van der Waals surface area contributed by atoms with Gasteiger partial charge in [0.05, 0.1) is 0 Å². The van der Waals surface area contributed by atoms with Gasteiger partial charge in [-0.05, 0) is 70.6 Å². The van der Waals surface area contributed by atoms with E-state index in [9.17, 15) is 14.4 Å². The molecule has 0 aliphatic rings. The number of hydrogen-bond acceptors (Lipinski definition) is 6. The maximum Gasteiger partial charge on any atom is 0.306 e. The molecule has 0 rings (SSSR count). The second-order valence-corrected chi connectivity index (χ2v) is 18.1. The molecule has 0 aromatic heterocycles. The highest BCUT2D eigenvalue weighted by molar-refractivity contribution is 5.71. The third-order valence-corrected chi connectivity index (χ3v) is 11.9. The summed E-state index contributed by atoms with van der Waals surface area (Å²) >= 11 is 0. The van der Waals surface area contributed by atoms with Crippen molar-refractivity contribution in [1.29, 1.82) is 0 Å². The Kier molecular flexibility index (Phi) is 48.8. The van der Waals surface area contributed by atoms with E-state index in [1.54, 1.807) is 0 Å². The SMILES string of the molecule is CCCCCCC=CCCCCCCCC(=O)O[C@@H](COC(=O)CCCCCCCCCC=CCCCCCCCC)COC(=O)CCCCCCCCCCCCCCC. The summed E-state index contributed by atoms with van der Waals surface area (Å²) in [6.07, 6.45) is 57.3. The van der Waals surface area contributed by atoms with Crippen LogP contribution in [-0.2, 0) is 28.6 Å². The Hall–Kier alpha value is -2.11. The van der Waals surface area contributed by atoms with Crippen molar-refractivity contribution in [2.24, 2.45) is 0 Å². The summed E-state index contributed by atoms with van der Waals surface area (Å²) in [7, 11) is 0. The predicted octanol–water partition coefficient (Wildman–Crippen LogP) is 17.5. The van der Waals surface area contributed by atoms with Gasteiger partial charge in [0, 0.05) is 19.3 Å². The molecular formula is C55H102O6. The molecule has 0 aliphatic heterocycles. The van der Waals surface area contributed by atoms with Crippen LogP contribution in [0.3, 0.4) is 0 Å². The van der Waals surface area contributed by atoms with Crippen LogP contribution in [0.15, 0.2) is 24.3 Å². The lowest BCUT2D eigenvalue weighted by atomic mass is 10.0. The highest BCUT2D eigenvalue weighted by atomic mass is 16.6. The lowest BCUT2D eigenvalue weighted by Gasteiger charge is -2.18. The minimum Gasteiger partial charge on any atom is -0.462 e. The van der Waals surface area contributed by atoms with Crippen LogP contribution in [0.4, 0.5) is 0 Å². The van der Waals surface area contributed by atoms with Gasteiger partial charge in [-0.15, -0.1) is 0 Å². The molecule has 0 saturated heterocycles. The maximum atomic E-state index is 12.8. The Balaban J connectivity index is 4.34. The first kappa shape index (κ1) is 58.9. The van der Waals surface area contributed by atoms with Gasteiger partial charge < -0.3 is 14.2 Å². The van der Waals surface area contributed by atoms with Crippen molar-refractivity contribution in [2.45, 2.75) is 297 Å². The molecule has 0 spiro atoms. The van der Waals surface area contributed by atoms with Gasteiger partial charge in [0.25, 0.3) is 0 Å². The first-order valence-electron chi connectivity index (χ1n) is 26.8. The average Bonchev–Trinajstić information content (AvgIpc) is 3.26. The summed E-state index contributed by atoms with van der Waals surface area (Å²) in [5, 5.41) is 0. The Morgan fingerprint density at radius 2 is 0.541 bits per heavy atom. The van der Waals surface area contributed by atoms with Crippen molar-refractivity contribution >= 4 is 17.9 Å². The molecule has 358 valence electrons. The molecular weight excluding hydrogens is 757 g/mol. The zero-order chi connectivity index (χ0) is 44.4. The molecule has 0 fully saturated rings. The third kappa shape index (κ3) is 48.8. The van der Waals surface area contributed by atoms with Crippen molar-refractivity contribution < 1.29 is 28.6 Å². The molecule has 0 bridgehead atoms. The van der Waals surface area contributed by atoms with E-state index in [4.69, 9.17) is 14.2 Å². The average molecular weight is 859 g/mol. The number of hydrogen-bond donors (Lipinski definition) is 0. The van der Waals surface area contributed by atoms with Crippen molar-refractivity contribution in [1.82, 2.24) is 0 Å². The van der Waals surface area contributed by atoms with Crippen LogP contribution in [-0.4, -0.2) is 37.2 Å². The monoisotopic (exact) mass is 859 g/mol. The minimum absolute atomic E-state index is 0.0721. The van der Waals surface area contributed by atoms with Crippen molar-refractivity contribution in [3.05, 3.63) is 24.3 Å². The zero-order valence-corrected chi connectivity index (χ0v) is 40.9. The van der Waals surface area contributed by atoms with Crippen LogP contribution >= 0.6 is 0 Å². The molecule has 0 amide bonds. The van der Waals surface area contributed by atoms with E-state index < -0.39 is 6.10 Å². The summed E-state index contributed by atoms with van der Waals surface area (Å²) in [6.45, 7) is 6.64. The molecule has 0 radical (unpaired) electrons. The molecule has 0 heterocycles. The highest BCUT2D eigenvalue weighted by Gasteiger charge is 2.19. The second kappa shape index (κ2) is 50.5. The molecule has 6 heteroatoms. The van der Waals surface area contributed by atoms with Gasteiger partial charge in [-0.2, -0.15) is 0 Å². The van der Waals surface area contributed by atoms with E-state index in [0.717, 1.165) is 64.2 Å². The van der Waals surface area contributed by atoms with Gasteiger partial charge in [-0.25, -0.2) is 0 Å². The van der Waals surface area contributed by atoms with Crippen LogP contribution in [0, 0.1) is 0 Å². The fourth-order valence-electron chi connectivity index (χ4n) is 7.84. The molecule has 0 aromatic rings. The first-order valence-corrected chi connectivity index (χ1v) is 26.8. The quantitative estimate of drug-likeness (QED) is 0.0262. The molecule has 0 unspecified atom stereocenters. The van der Waals surface area contributed by atoms with Gasteiger partial charge in [0.15, 0.2) is 6.10 Å². The van der Waals surface area contributed by atoms with Crippen LogP contribution in [0.2, 0.25) is 0 Å². The van der Waals surface area contributed by atoms with E-state index in [1.165, 1.54) is 186 Å². The Morgan fingerprint density at radius 1 is 0.311 bits per heavy atom. The molecule has 0 N–H and O–H groups in total. The van der Waals surface area contributed by atoms with Crippen LogP contribution in [0.25, 0.3) is 0 Å². The molecule has 0 aliphatic carbocycles. The van der Waals surface area contributed by atoms with Crippen molar-refractivity contribution in [3.8, 4) is 0 Å². The highest BCUT2D eigenvalue weighted by Crippen LogP contribution is 2.16. The second-order valence-electron chi connectivity index (χ2n) is 18.1. The van der Waals surface area contributed by atoms with Crippen molar-refractivity contribution in [2.75, 3.05) is 13.2 Å². The zero-order valence-electron chi connectivity index (χ0n) is 40.9. The molecule has 0 saturated carbocycles. The predicted molar refractivity (Wildman–Crippen MR) is 261 cm³/mol. The van der Waals surface area contributed by atoms with E-state index in [0.29, 0.717) is 19.3 Å². The molecule has 61 heavy (non-hydrogen) atoms. The number of carbonyl (C=O) groups is 3. The standard InChI is InChI=1S/C55H102O6/c1-4-7-10-13-16-19-22-25-26-27-28-31-33-36-39-42-45-48-54(57)60-51-52(61-55(58)49-46-43-40-37-34-30-24-21-18-15-12-9-6-3)50-59-53(56)47-44-41-38-35-32-29-23-20-17-14-11-8-5-2/h21,24-26,52H,4-20,22-23,27-51H2,1-3H3/t52-/m1/s1. The Morgan fingerprint density at radius 3 is 0.836 bits per heavy atom. The maximum absolute atomic E-state index is 12.8. The van der Waals surface area contributed by atoms with E-state index in [1.807, 2.05) is 0 Å². The summed E-state index contributed by atoms with van der Waals surface area (Å²) in [4.78, 5) is 38.0. The van der Waals surface area contributed by atoms with E-state index in [-0.39, 0.29) is 31.1 Å². The van der Waals surface area contributed by atoms with Crippen LogP contribution in [0.1, 0.15) is 290 Å². The first-order chi connectivity index (χ1) is 30.0. The number of esters is 3. The normalized spacial score (nSPS) is 12.1. The molecule has 6 nitrogen and oxygen atoms in total. The Labute approximate surface area is 379 Å². The van der Waals surface area contributed by atoms with E-state index in [2.05, 4.69) is 45.1 Å². The van der Waals surface area contributed by atoms with Gasteiger partial charge in [-0.1, -0.05) is 225 Å². The number of allylic oxidation sites excluding steroid dienone is 4. The summed E-state index contributed by atoms with van der Waals surface area (Å²) < 4.78 is 16.8. The third-order valence-electron chi connectivity index (χ3n) is 11.9. The summed E-state index contributed by atoms with van der Waals surface area (Å²) in [5.41, 5.74) is 0. The van der Waals surface area contributed by atoms with Crippen molar-refractivity contribution in [3.63, 3.8) is 0 Å². The lowest BCUT2D eigenvalue weighted by Crippen LogP contribution is -2.30. The van der Waals surface area contributed by atoms with Crippen LogP contribution < -0.4 is 0 Å². The van der Waals surface area contributed by atoms with E-state index >= 15 is 0 Å². The molecule has 1 atom stereocenters. The summed E-state index contributed by atoms with van der Waals surface area (Å²) in [5.74, 6) is -0.871. The van der Waals surface area contributed by atoms with Gasteiger partial charge in [0.2, 0.25) is 0 Å². The van der Waals surface area contributed by atoms with Gasteiger partial charge >= 0.3 is 17.9 Å². The molecule has 0 aromatic carbocycles. The lowest BCUT2D eigenvalue weighted by molar-refractivity contribution is -0.167. The van der Waals surface area contributed by atoms with Gasteiger partial charge in [-0.3, -0.25) is 14.4 Å². The minimum atomic E-state index is -0.772. The van der Waals surface area contributed by atoms with Gasteiger partial charge in [0.1, 0.15) is 13.2 Å². The largest absolute Gasteiger partial charge is 0.462 e. The number of carbonyl (C=O) groups excluding carboxylic acids is 3. The number of ether oxygens (including phenoxy) is 3. The van der Waals surface area contributed by atoms with Crippen LogP contribution in [0.5, 0.6) is 0 Å². The summed E-state index contributed by atoms with van der Waals surface area (Å²) in [6, 6.07) is 0. The topological polar surface area (TPSA) is 78.9 Å². The smallest absolute Gasteiger partial charge is 0.306 e.